The topological polar surface area (TPSA) is 45.7 Å². The number of guanidine groups is 1. The highest BCUT2D eigenvalue weighted by molar-refractivity contribution is 5.79. The molecule has 1 aromatic rings. The van der Waals surface area contributed by atoms with Gasteiger partial charge in [-0.2, -0.15) is 0 Å². The van der Waals surface area contributed by atoms with E-state index >= 15 is 0 Å². The van der Waals surface area contributed by atoms with E-state index in [-0.39, 0.29) is 0 Å². The minimum absolute atomic E-state index is 0.720. The number of hydrogen-bond donors (Lipinski definition) is 2. The Balaban J connectivity index is 1.25. The first-order valence-corrected chi connectivity index (χ1v) is 8.94. The van der Waals surface area contributed by atoms with Crippen LogP contribution in [-0.2, 0) is 4.74 Å². The maximum absolute atomic E-state index is 5.64. The SMILES string of the molecule is CN=C(NCCCOCC1CC1)NCC1CC1c1ccccc1. The van der Waals surface area contributed by atoms with Crippen LogP contribution in [-0.4, -0.2) is 39.3 Å². The lowest BCUT2D eigenvalue weighted by Gasteiger charge is -2.12. The number of nitrogens with one attached hydrogen (secondary N) is 2. The maximum Gasteiger partial charge on any atom is 0.190 e. The molecule has 2 unspecified atom stereocenters. The first-order valence-electron chi connectivity index (χ1n) is 8.94. The van der Waals surface area contributed by atoms with Crippen LogP contribution in [0.4, 0.5) is 0 Å². The number of nitrogens with zero attached hydrogens (tertiary/aromatic N) is 1. The lowest BCUT2D eigenvalue weighted by Crippen LogP contribution is -2.39. The summed E-state index contributed by atoms with van der Waals surface area (Å²) in [7, 11) is 1.83. The first kappa shape index (κ1) is 16.3. The van der Waals surface area contributed by atoms with Crippen LogP contribution in [0.3, 0.4) is 0 Å². The van der Waals surface area contributed by atoms with E-state index in [4.69, 9.17) is 4.74 Å². The molecule has 0 amide bonds. The number of rotatable bonds is 9. The summed E-state index contributed by atoms with van der Waals surface area (Å²) in [5, 5.41) is 6.82. The van der Waals surface area contributed by atoms with Gasteiger partial charge in [-0.15, -0.1) is 0 Å². The molecular formula is C19H29N3O. The van der Waals surface area contributed by atoms with Gasteiger partial charge in [0, 0.05) is 33.4 Å². The third kappa shape index (κ3) is 5.54. The molecule has 0 aromatic heterocycles. The molecule has 126 valence electrons. The highest BCUT2D eigenvalue weighted by Crippen LogP contribution is 2.46. The quantitative estimate of drug-likeness (QED) is 0.418. The minimum atomic E-state index is 0.720. The summed E-state index contributed by atoms with van der Waals surface area (Å²) < 4.78 is 5.64. The van der Waals surface area contributed by atoms with Crippen molar-refractivity contribution in [2.24, 2.45) is 16.8 Å². The minimum Gasteiger partial charge on any atom is -0.381 e. The van der Waals surface area contributed by atoms with Crippen molar-refractivity contribution < 1.29 is 4.74 Å². The molecule has 4 heteroatoms. The van der Waals surface area contributed by atoms with Crippen LogP contribution in [0.15, 0.2) is 35.3 Å². The smallest absolute Gasteiger partial charge is 0.190 e. The molecule has 2 aliphatic carbocycles. The Bertz CT molecular complexity index is 499. The van der Waals surface area contributed by atoms with Crippen LogP contribution in [0, 0.1) is 11.8 Å². The number of hydrogen-bond acceptors (Lipinski definition) is 2. The van der Waals surface area contributed by atoms with Crippen molar-refractivity contribution in [3.05, 3.63) is 35.9 Å². The lowest BCUT2D eigenvalue weighted by atomic mass is 10.1. The Labute approximate surface area is 139 Å². The molecule has 1 aromatic carbocycles. The fourth-order valence-corrected chi connectivity index (χ4v) is 2.95. The normalized spacial score (nSPS) is 23.6. The second kappa shape index (κ2) is 8.34. The van der Waals surface area contributed by atoms with Crippen LogP contribution >= 0.6 is 0 Å². The van der Waals surface area contributed by atoms with Gasteiger partial charge in [0.2, 0.25) is 0 Å². The Morgan fingerprint density at radius 2 is 2.04 bits per heavy atom. The van der Waals surface area contributed by atoms with Crippen LogP contribution < -0.4 is 10.6 Å². The molecule has 2 N–H and O–H groups in total. The average molecular weight is 315 g/mol. The molecule has 2 fully saturated rings. The second-order valence-electron chi connectivity index (χ2n) is 6.76. The van der Waals surface area contributed by atoms with Gasteiger partial charge in [-0.3, -0.25) is 4.99 Å². The van der Waals surface area contributed by atoms with Crippen LogP contribution in [0.5, 0.6) is 0 Å². The molecule has 0 aliphatic heterocycles. The average Bonchev–Trinajstić information content (AvgIpc) is 3.49. The molecule has 3 rings (SSSR count). The summed E-state index contributed by atoms with van der Waals surface area (Å²) in [6, 6.07) is 10.8. The Kier molecular flexibility index (Phi) is 5.92. The highest BCUT2D eigenvalue weighted by Gasteiger charge is 2.37. The van der Waals surface area contributed by atoms with E-state index in [0.29, 0.717) is 0 Å². The number of benzene rings is 1. The zero-order valence-electron chi connectivity index (χ0n) is 14.1. The molecule has 0 radical (unpaired) electrons. The van der Waals surface area contributed by atoms with Crippen LogP contribution in [0.25, 0.3) is 0 Å². The Morgan fingerprint density at radius 3 is 2.78 bits per heavy atom. The molecule has 0 bridgehead atoms. The van der Waals surface area contributed by atoms with Gasteiger partial charge in [-0.05, 0) is 49.0 Å². The molecule has 0 heterocycles. The molecule has 4 nitrogen and oxygen atoms in total. The van der Waals surface area contributed by atoms with Crippen LogP contribution in [0.1, 0.15) is 37.2 Å². The van der Waals surface area contributed by atoms with Crippen molar-refractivity contribution in [1.82, 2.24) is 10.6 Å². The van der Waals surface area contributed by atoms with Gasteiger partial charge >= 0.3 is 0 Å². The van der Waals surface area contributed by atoms with Crippen LogP contribution in [0.2, 0.25) is 0 Å². The van der Waals surface area contributed by atoms with Gasteiger partial charge in [-0.25, -0.2) is 0 Å². The van der Waals surface area contributed by atoms with Crippen molar-refractivity contribution in [1.29, 1.82) is 0 Å². The van der Waals surface area contributed by atoms with Gasteiger partial charge in [0.15, 0.2) is 5.96 Å². The van der Waals surface area contributed by atoms with Crippen molar-refractivity contribution in [2.45, 2.75) is 31.6 Å². The largest absolute Gasteiger partial charge is 0.381 e. The van der Waals surface area contributed by atoms with Gasteiger partial charge in [0.25, 0.3) is 0 Å². The monoisotopic (exact) mass is 315 g/mol. The lowest BCUT2D eigenvalue weighted by molar-refractivity contribution is 0.123. The highest BCUT2D eigenvalue weighted by atomic mass is 16.5. The van der Waals surface area contributed by atoms with Crippen molar-refractivity contribution in [3.8, 4) is 0 Å². The summed E-state index contributed by atoms with van der Waals surface area (Å²) in [5.41, 5.74) is 1.47. The maximum atomic E-state index is 5.64. The Morgan fingerprint density at radius 1 is 1.22 bits per heavy atom. The molecule has 0 spiro atoms. The Hall–Kier alpha value is -1.55. The molecule has 0 saturated heterocycles. The molecule has 23 heavy (non-hydrogen) atoms. The molecular weight excluding hydrogens is 286 g/mol. The number of aliphatic imine (C=N–C) groups is 1. The van der Waals surface area contributed by atoms with E-state index in [9.17, 15) is 0 Å². The first-order chi connectivity index (χ1) is 11.4. The van der Waals surface area contributed by atoms with E-state index < -0.39 is 0 Å². The fourth-order valence-electron chi connectivity index (χ4n) is 2.95. The predicted molar refractivity (Wildman–Crippen MR) is 94.8 cm³/mol. The zero-order valence-corrected chi connectivity index (χ0v) is 14.1. The summed E-state index contributed by atoms with van der Waals surface area (Å²) in [5.74, 6) is 3.22. The van der Waals surface area contributed by atoms with Gasteiger partial charge in [-0.1, -0.05) is 30.3 Å². The third-order valence-electron chi connectivity index (χ3n) is 4.71. The van der Waals surface area contributed by atoms with Crippen molar-refractivity contribution >= 4 is 5.96 Å². The summed E-state index contributed by atoms with van der Waals surface area (Å²) in [4.78, 5) is 4.30. The van der Waals surface area contributed by atoms with E-state index in [1.807, 2.05) is 7.05 Å². The van der Waals surface area contributed by atoms with Gasteiger partial charge in [0.1, 0.15) is 0 Å². The van der Waals surface area contributed by atoms with E-state index in [1.165, 1.54) is 24.8 Å². The predicted octanol–water partition coefficient (Wildman–Crippen LogP) is 2.77. The van der Waals surface area contributed by atoms with E-state index in [1.54, 1.807) is 0 Å². The molecule has 2 aliphatic rings. The molecule has 2 atom stereocenters. The molecule has 2 saturated carbocycles. The van der Waals surface area contributed by atoms with Gasteiger partial charge < -0.3 is 15.4 Å². The number of ether oxygens (including phenoxy) is 1. The van der Waals surface area contributed by atoms with Crippen molar-refractivity contribution in [2.75, 3.05) is 33.4 Å². The zero-order chi connectivity index (χ0) is 15.9. The summed E-state index contributed by atoms with van der Waals surface area (Å²) in [6.07, 6.45) is 5.03. The summed E-state index contributed by atoms with van der Waals surface area (Å²) in [6.45, 7) is 3.71. The van der Waals surface area contributed by atoms with Crippen molar-refractivity contribution in [3.63, 3.8) is 0 Å². The summed E-state index contributed by atoms with van der Waals surface area (Å²) >= 11 is 0. The standard InChI is InChI=1S/C19H29N3O/c1-20-19(21-10-5-11-23-14-15-8-9-15)22-13-17-12-18(17)16-6-3-2-4-7-16/h2-4,6-7,15,17-18H,5,8-14H2,1H3,(H2,20,21,22). The fraction of sp³-hybridized carbons (Fsp3) is 0.632. The third-order valence-corrected chi connectivity index (χ3v) is 4.71. The second-order valence-corrected chi connectivity index (χ2v) is 6.76. The van der Waals surface area contributed by atoms with Gasteiger partial charge in [0.05, 0.1) is 0 Å². The van der Waals surface area contributed by atoms with E-state index in [0.717, 1.165) is 56.4 Å². The van der Waals surface area contributed by atoms with E-state index in [2.05, 4.69) is 46.0 Å².